The Kier molecular flexibility index (Phi) is 4.66. The molecule has 8 heteroatoms. The molecule has 0 aliphatic heterocycles. The van der Waals surface area contributed by atoms with E-state index in [1.807, 2.05) is 41.5 Å². The van der Waals surface area contributed by atoms with Gasteiger partial charge < -0.3 is 16.0 Å². The lowest BCUT2D eigenvalue weighted by Crippen LogP contribution is -2.28. The number of anilines is 2. The number of hydrogen-bond donors (Lipinski definition) is 3. The fourth-order valence-corrected chi connectivity index (χ4v) is 3.05. The van der Waals surface area contributed by atoms with E-state index in [0.29, 0.717) is 6.54 Å². The highest BCUT2D eigenvalue weighted by Gasteiger charge is 2.09. The first kappa shape index (κ1) is 16.3. The number of rotatable bonds is 5. The van der Waals surface area contributed by atoms with E-state index in [1.54, 1.807) is 0 Å². The molecule has 3 N–H and O–H groups in total. The number of nitrogens with zero attached hydrogens (tertiary/aromatic N) is 3. The zero-order valence-corrected chi connectivity index (χ0v) is 14.6. The van der Waals surface area contributed by atoms with Gasteiger partial charge in [0.25, 0.3) is 0 Å². The van der Waals surface area contributed by atoms with Crippen molar-refractivity contribution in [2.75, 3.05) is 17.7 Å². The number of thiazole rings is 1. The Morgan fingerprint density at radius 3 is 2.92 bits per heavy atom. The maximum Gasteiger partial charge on any atom is 0.319 e. The van der Waals surface area contributed by atoms with E-state index in [2.05, 4.69) is 39.9 Å². The molecule has 0 fully saturated rings. The van der Waals surface area contributed by atoms with Crippen LogP contribution in [0.5, 0.6) is 0 Å². The van der Waals surface area contributed by atoms with Crippen LogP contribution in [0.4, 0.5) is 15.6 Å². The van der Waals surface area contributed by atoms with E-state index in [9.17, 15) is 4.79 Å². The van der Waals surface area contributed by atoms with Gasteiger partial charge in [-0.3, -0.25) is 4.68 Å². The molecule has 126 valence electrons. The second kappa shape index (κ2) is 6.88. The average Bonchev–Trinajstić information content (AvgIpc) is 3.19. The number of nitrogens with one attached hydrogen (secondary N) is 3. The monoisotopic (exact) mass is 344 g/mol. The number of amides is 2. The molecular formula is C16H20N6OS. The van der Waals surface area contributed by atoms with Crippen LogP contribution in [0.25, 0.3) is 10.9 Å². The van der Waals surface area contributed by atoms with Gasteiger partial charge in [-0.25, -0.2) is 9.78 Å². The van der Waals surface area contributed by atoms with Gasteiger partial charge in [-0.2, -0.15) is 5.10 Å². The lowest BCUT2D eigenvalue weighted by atomic mass is 10.2. The number of aromatic nitrogens is 3. The molecule has 24 heavy (non-hydrogen) atoms. The molecule has 2 heterocycles. The minimum Gasteiger partial charge on any atom is -0.365 e. The van der Waals surface area contributed by atoms with Crippen molar-refractivity contribution in [1.29, 1.82) is 0 Å². The summed E-state index contributed by atoms with van der Waals surface area (Å²) in [4.78, 5) is 16.4. The molecule has 0 radical (unpaired) electrons. The van der Waals surface area contributed by atoms with Gasteiger partial charge in [0, 0.05) is 29.5 Å². The zero-order valence-electron chi connectivity index (χ0n) is 13.8. The van der Waals surface area contributed by atoms with Crippen LogP contribution in [-0.2, 0) is 6.54 Å². The molecule has 0 bridgehead atoms. The van der Waals surface area contributed by atoms with E-state index in [4.69, 9.17) is 0 Å². The van der Waals surface area contributed by atoms with Crippen molar-refractivity contribution in [3.63, 3.8) is 0 Å². The first-order valence-corrected chi connectivity index (χ1v) is 8.59. The van der Waals surface area contributed by atoms with Crippen LogP contribution in [0.3, 0.4) is 0 Å². The molecule has 0 atom stereocenters. The summed E-state index contributed by atoms with van der Waals surface area (Å²) in [6, 6.07) is 5.76. The highest BCUT2D eigenvalue weighted by atomic mass is 32.1. The number of benzene rings is 1. The van der Waals surface area contributed by atoms with Crippen LogP contribution in [0.15, 0.2) is 29.8 Å². The fraction of sp³-hybridized carbons (Fsp3) is 0.312. The van der Waals surface area contributed by atoms with Crippen LogP contribution in [0.2, 0.25) is 0 Å². The van der Waals surface area contributed by atoms with Crippen LogP contribution in [-0.4, -0.2) is 27.8 Å². The zero-order chi connectivity index (χ0) is 17.1. The Morgan fingerprint density at radius 2 is 2.21 bits per heavy atom. The van der Waals surface area contributed by atoms with E-state index < -0.39 is 0 Å². The standard InChI is InChI=1S/C16H20N6OS/c1-10(2)22-14-6-12(5-4-11(14)7-19-22)20-15(23)18-8-13-9-24-16(17-3)21-13/h4-7,9-10H,8H2,1-3H3,(H,17,21)(H2,18,20,23). The molecule has 0 saturated heterocycles. The number of urea groups is 1. The summed E-state index contributed by atoms with van der Waals surface area (Å²) in [7, 11) is 1.82. The molecular weight excluding hydrogens is 324 g/mol. The van der Waals surface area contributed by atoms with Gasteiger partial charge in [0.05, 0.1) is 24.0 Å². The lowest BCUT2D eigenvalue weighted by Gasteiger charge is -2.09. The van der Waals surface area contributed by atoms with Crippen molar-refractivity contribution in [2.24, 2.45) is 0 Å². The maximum atomic E-state index is 12.1. The minimum atomic E-state index is -0.260. The van der Waals surface area contributed by atoms with Crippen molar-refractivity contribution < 1.29 is 4.79 Å². The lowest BCUT2D eigenvalue weighted by molar-refractivity contribution is 0.251. The number of hydrogen-bond acceptors (Lipinski definition) is 5. The topological polar surface area (TPSA) is 83.9 Å². The van der Waals surface area contributed by atoms with E-state index in [-0.39, 0.29) is 12.1 Å². The van der Waals surface area contributed by atoms with Crippen molar-refractivity contribution >= 4 is 39.1 Å². The SMILES string of the molecule is CNc1nc(CNC(=O)Nc2ccc3cnn(C(C)C)c3c2)cs1. The summed E-state index contributed by atoms with van der Waals surface area (Å²) in [5.74, 6) is 0. The van der Waals surface area contributed by atoms with Crippen molar-refractivity contribution in [3.05, 3.63) is 35.5 Å². The Balaban J connectivity index is 1.65. The molecule has 7 nitrogen and oxygen atoms in total. The molecule has 0 aliphatic carbocycles. The van der Waals surface area contributed by atoms with Gasteiger partial charge in [0.15, 0.2) is 5.13 Å². The number of carbonyl (C=O) groups excluding carboxylic acids is 1. The van der Waals surface area contributed by atoms with Gasteiger partial charge in [0.1, 0.15) is 0 Å². The minimum absolute atomic E-state index is 0.260. The largest absolute Gasteiger partial charge is 0.365 e. The molecule has 0 aliphatic rings. The van der Waals surface area contributed by atoms with Crippen LogP contribution >= 0.6 is 11.3 Å². The molecule has 0 spiro atoms. The Hall–Kier alpha value is -2.61. The first-order chi connectivity index (χ1) is 11.6. The summed E-state index contributed by atoms with van der Waals surface area (Å²) in [6.07, 6.45) is 1.83. The van der Waals surface area contributed by atoms with Gasteiger partial charge in [-0.05, 0) is 32.0 Å². The molecule has 2 aromatic heterocycles. The van der Waals surface area contributed by atoms with Gasteiger partial charge >= 0.3 is 6.03 Å². The van der Waals surface area contributed by atoms with E-state index in [0.717, 1.165) is 27.4 Å². The molecule has 3 rings (SSSR count). The Labute approximate surface area is 144 Å². The quantitative estimate of drug-likeness (QED) is 0.662. The summed E-state index contributed by atoms with van der Waals surface area (Å²) < 4.78 is 1.94. The molecule has 1 aromatic carbocycles. The van der Waals surface area contributed by atoms with Gasteiger partial charge in [-0.1, -0.05) is 0 Å². The number of carbonyl (C=O) groups is 1. The smallest absolute Gasteiger partial charge is 0.319 e. The first-order valence-electron chi connectivity index (χ1n) is 7.71. The third-order valence-corrected chi connectivity index (χ3v) is 4.45. The van der Waals surface area contributed by atoms with Crippen molar-refractivity contribution in [1.82, 2.24) is 20.1 Å². The summed E-state index contributed by atoms with van der Waals surface area (Å²) in [5.41, 5.74) is 2.56. The summed E-state index contributed by atoms with van der Waals surface area (Å²) in [5, 5.41) is 16.8. The Bertz CT molecular complexity index is 853. The summed E-state index contributed by atoms with van der Waals surface area (Å²) >= 11 is 1.51. The second-order valence-corrected chi connectivity index (χ2v) is 6.52. The van der Waals surface area contributed by atoms with Gasteiger partial charge in [0.2, 0.25) is 0 Å². The molecule has 3 aromatic rings. The predicted molar refractivity (Wildman–Crippen MR) is 97.6 cm³/mol. The van der Waals surface area contributed by atoms with Gasteiger partial charge in [-0.15, -0.1) is 11.3 Å². The maximum absolute atomic E-state index is 12.1. The van der Waals surface area contributed by atoms with Crippen molar-refractivity contribution in [3.8, 4) is 0 Å². The van der Waals surface area contributed by atoms with E-state index in [1.165, 1.54) is 11.3 Å². The third-order valence-electron chi connectivity index (χ3n) is 3.54. The van der Waals surface area contributed by atoms with Crippen LogP contribution < -0.4 is 16.0 Å². The number of fused-ring (bicyclic) bond motifs is 1. The Morgan fingerprint density at radius 1 is 1.38 bits per heavy atom. The molecule has 2 amide bonds. The van der Waals surface area contributed by atoms with Crippen LogP contribution in [0.1, 0.15) is 25.6 Å². The van der Waals surface area contributed by atoms with Crippen molar-refractivity contribution in [2.45, 2.75) is 26.4 Å². The van der Waals surface area contributed by atoms with E-state index >= 15 is 0 Å². The molecule has 0 unspecified atom stereocenters. The summed E-state index contributed by atoms with van der Waals surface area (Å²) in [6.45, 7) is 4.54. The highest BCUT2D eigenvalue weighted by molar-refractivity contribution is 7.13. The normalized spacial score (nSPS) is 11.0. The average molecular weight is 344 g/mol. The fourth-order valence-electron chi connectivity index (χ4n) is 2.38. The highest BCUT2D eigenvalue weighted by Crippen LogP contribution is 2.21. The third kappa shape index (κ3) is 3.48. The van der Waals surface area contributed by atoms with Crippen LogP contribution in [0, 0.1) is 0 Å². The molecule has 0 saturated carbocycles. The predicted octanol–water partition coefficient (Wildman–Crippen LogP) is 3.44. The second-order valence-electron chi connectivity index (χ2n) is 5.66.